The molecule has 4 heteroatoms. The number of ether oxygens (including phenoxy) is 1. The Bertz CT molecular complexity index is 486. The van der Waals surface area contributed by atoms with Crippen LogP contribution in [0.2, 0.25) is 0 Å². The summed E-state index contributed by atoms with van der Waals surface area (Å²) in [5, 5.41) is 8.88. The van der Waals surface area contributed by atoms with E-state index in [0.29, 0.717) is 23.8 Å². The van der Waals surface area contributed by atoms with Gasteiger partial charge in [-0.05, 0) is 31.0 Å². The molecule has 0 amide bonds. The van der Waals surface area contributed by atoms with Crippen molar-refractivity contribution in [3.8, 4) is 6.07 Å². The van der Waals surface area contributed by atoms with Gasteiger partial charge in [0, 0.05) is 5.56 Å². The second-order valence-corrected chi connectivity index (χ2v) is 3.40. The minimum Gasteiger partial charge on any atom is -0.462 e. The van der Waals surface area contributed by atoms with Crippen LogP contribution in [0.3, 0.4) is 0 Å². The van der Waals surface area contributed by atoms with Gasteiger partial charge in [-0.2, -0.15) is 5.26 Å². The molecule has 88 valence electrons. The third-order valence-electron chi connectivity index (χ3n) is 2.40. The van der Waals surface area contributed by atoms with Gasteiger partial charge in [0.05, 0.1) is 23.8 Å². The van der Waals surface area contributed by atoms with Crippen LogP contribution in [0.1, 0.15) is 45.7 Å². The predicted molar refractivity (Wildman–Crippen MR) is 61.9 cm³/mol. The molecule has 0 bridgehead atoms. The van der Waals surface area contributed by atoms with Crippen molar-refractivity contribution in [3.05, 3.63) is 34.4 Å². The van der Waals surface area contributed by atoms with Crippen LogP contribution in [-0.4, -0.2) is 18.9 Å². The number of benzene rings is 1. The van der Waals surface area contributed by atoms with E-state index in [1.165, 1.54) is 6.07 Å². The molecule has 1 aromatic rings. The third-order valence-corrected chi connectivity index (χ3v) is 2.40. The summed E-state index contributed by atoms with van der Waals surface area (Å²) in [6.07, 6.45) is 1.17. The first-order valence-corrected chi connectivity index (χ1v) is 5.37. The number of hydrogen-bond donors (Lipinski definition) is 0. The van der Waals surface area contributed by atoms with Gasteiger partial charge in [-0.25, -0.2) is 4.79 Å². The fraction of sp³-hybridized carbons (Fsp3) is 0.308. The Labute approximate surface area is 99.8 Å². The Morgan fingerprint density at radius 2 is 2.18 bits per heavy atom. The van der Waals surface area contributed by atoms with Crippen LogP contribution in [0, 0.1) is 11.3 Å². The fourth-order valence-electron chi connectivity index (χ4n) is 1.55. The van der Waals surface area contributed by atoms with Crippen molar-refractivity contribution in [3.63, 3.8) is 0 Å². The van der Waals surface area contributed by atoms with Crippen molar-refractivity contribution >= 4 is 12.3 Å². The van der Waals surface area contributed by atoms with E-state index in [9.17, 15) is 9.59 Å². The second kappa shape index (κ2) is 5.80. The van der Waals surface area contributed by atoms with Crippen molar-refractivity contribution in [2.24, 2.45) is 0 Å². The summed E-state index contributed by atoms with van der Waals surface area (Å²) in [4.78, 5) is 22.5. The molecule has 0 aliphatic carbocycles. The number of carbonyl (C=O) groups is 2. The Hall–Kier alpha value is -2.15. The first-order chi connectivity index (χ1) is 8.17. The summed E-state index contributed by atoms with van der Waals surface area (Å²) >= 11 is 0. The highest BCUT2D eigenvalue weighted by atomic mass is 16.5. The van der Waals surface area contributed by atoms with Gasteiger partial charge in [-0.1, -0.05) is 6.92 Å². The predicted octanol–water partition coefficient (Wildman–Crippen LogP) is 2.11. The summed E-state index contributed by atoms with van der Waals surface area (Å²) < 4.78 is 4.91. The van der Waals surface area contributed by atoms with Crippen LogP contribution in [0.4, 0.5) is 0 Å². The van der Waals surface area contributed by atoms with Crippen molar-refractivity contribution in [1.29, 1.82) is 5.26 Å². The van der Waals surface area contributed by atoms with E-state index in [4.69, 9.17) is 10.00 Å². The van der Waals surface area contributed by atoms with Gasteiger partial charge >= 0.3 is 5.97 Å². The average molecular weight is 231 g/mol. The molecule has 0 spiro atoms. The fourth-order valence-corrected chi connectivity index (χ4v) is 1.55. The molecule has 0 radical (unpaired) electrons. The SMILES string of the molecule is CCOC(=O)c1cc(C=O)c(C#N)cc1CC. The van der Waals surface area contributed by atoms with E-state index in [2.05, 4.69) is 0 Å². The van der Waals surface area contributed by atoms with Gasteiger partial charge in [0.2, 0.25) is 0 Å². The van der Waals surface area contributed by atoms with Crippen LogP contribution in [0.5, 0.6) is 0 Å². The number of carbonyl (C=O) groups excluding carboxylic acids is 2. The summed E-state index contributed by atoms with van der Waals surface area (Å²) in [6.45, 7) is 3.87. The minimum atomic E-state index is -0.461. The molecule has 0 saturated carbocycles. The van der Waals surface area contributed by atoms with Gasteiger partial charge in [0.15, 0.2) is 6.29 Å². The topological polar surface area (TPSA) is 67.2 Å². The Kier molecular flexibility index (Phi) is 4.41. The van der Waals surface area contributed by atoms with E-state index >= 15 is 0 Å². The quantitative estimate of drug-likeness (QED) is 0.588. The third kappa shape index (κ3) is 2.70. The monoisotopic (exact) mass is 231 g/mol. The molecule has 17 heavy (non-hydrogen) atoms. The van der Waals surface area contributed by atoms with Gasteiger partial charge in [0.1, 0.15) is 0 Å². The first-order valence-electron chi connectivity index (χ1n) is 5.37. The zero-order valence-corrected chi connectivity index (χ0v) is 9.82. The van der Waals surface area contributed by atoms with Gasteiger partial charge in [0.25, 0.3) is 0 Å². The first kappa shape index (κ1) is 12.9. The lowest BCUT2D eigenvalue weighted by atomic mass is 9.98. The molecule has 0 aliphatic rings. The van der Waals surface area contributed by atoms with E-state index in [0.717, 1.165) is 0 Å². The van der Waals surface area contributed by atoms with Crippen molar-refractivity contribution in [1.82, 2.24) is 0 Å². The number of aldehydes is 1. The maximum absolute atomic E-state index is 11.7. The summed E-state index contributed by atoms with van der Waals surface area (Å²) in [7, 11) is 0. The van der Waals surface area contributed by atoms with Gasteiger partial charge in [-0.3, -0.25) is 4.79 Å². The van der Waals surface area contributed by atoms with Crippen LogP contribution >= 0.6 is 0 Å². The molecule has 1 aromatic carbocycles. The highest BCUT2D eigenvalue weighted by Crippen LogP contribution is 2.17. The largest absolute Gasteiger partial charge is 0.462 e. The summed E-state index contributed by atoms with van der Waals surface area (Å²) in [5.41, 5.74) is 1.57. The standard InChI is InChI=1S/C13H13NO3/c1-3-9-5-10(7-14)11(8-15)6-12(9)13(16)17-4-2/h5-6,8H,3-4H2,1-2H3. The van der Waals surface area contributed by atoms with E-state index in [1.807, 2.05) is 13.0 Å². The van der Waals surface area contributed by atoms with Crippen molar-refractivity contribution in [2.45, 2.75) is 20.3 Å². The van der Waals surface area contributed by atoms with E-state index < -0.39 is 5.97 Å². The minimum absolute atomic E-state index is 0.216. The summed E-state index contributed by atoms with van der Waals surface area (Å²) in [5.74, 6) is -0.461. The van der Waals surface area contributed by atoms with E-state index in [1.54, 1.807) is 13.0 Å². The Balaban J connectivity index is 3.34. The molecular formula is C13H13NO3. The Morgan fingerprint density at radius 3 is 2.65 bits per heavy atom. The zero-order chi connectivity index (χ0) is 12.8. The van der Waals surface area contributed by atoms with Crippen LogP contribution in [-0.2, 0) is 11.2 Å². The molecule has 0 saturated heterocycles. The average Bonchev–Trinajstić information content (AvgIpc) is 2.37. The lowest BCUT2D eigenvalue weighted by molar-refractivity contribution is 0.0525. The summed E-state index contributed by atoms with van der Waals surface area (Å²) in [6, 6.07) is 4.92. The van der Waals surface area contributed by atoms with Crippen molar-refractivity contribution < 1.29 is 14.3 Å². The molecule has 0 unspecified atom stereocenters. The van der Waals surface area contributed by atoms with Crippen LogP contribution < -0.4 is 0 Å². The number of nitrogens with zero attached hydrogens (tertiary/aromatic N) is 1. The molecule has 1 rings (SSSR count). The Morgan fingerprint density at radius 1 is 1.47 bits per heavy atom. The lowest BCUT2D eigenvalue weighted by Crippen LogP contribution is -2.09. The normalized spacial score (nSPS) is 9.47. The number of aryl methyl sites for hydroxylation is 1. The van der Waals surface area contributed by atoms with Gasteiger partial charge in [-0.15, -0.1) is 0 Å². The lowest BCUT2D eigenvalue weighted by Gasteiger charge is -2.09. The molecule has 0 atom stereocenters. The number of esters is 1. The zero-order valence-electron chi connectivity index (χ0n) is 9.82. The highest BCUT2D eigenvalue weighted by Gasteiger charge is 2.15. The molecule has 0 heterocycles. The maximum atomic E-state index is 11.7. The molecule has 4 nitrogen and oxygen atoms in total. The van der Waals surface area contributed by atoms with Crippen LogP contribution in [0.15, 0.2) is 12.1 Å². The highest BCUT2D eigenvalue weighted by molar-refractivity contribution is 5.94. The smallest absolute Gasteiger partial charge is 0.338 e. The van der Waals surface area contributed by atoms with Crippen molar-refractivity contribution in [2.75, 3.05) is 6.61 Å². The second-order valence-electron chi connectivity index (χ2n) is 3.40. The maximum Gasteiger partial charge on any atom is 0.338 e. The number of hydrogen-bond acceptors (Lipinski definition) is 4. The number of nitriles is 1. The van der Waals surface area contributed by atoms with Crippen LogP contribution in [0.25, 0.3) is 0 Å². The molecular weight excluding hydrogens is 218 g/mol. The van der Waals surface area contributed by atoms with Gasteiger partial charge < -0.3 is 4.74 Å². The molecule has 0 aromatic heterocycles. The van der Waals surface area contributed by atoms with E-state index in [-0.39, 0.29) is 17.7 Å². The molecule has 0 fully saturated rings. The number of rotatable bonds is 4. The molecule has 0 aliphatic heterocycles. The molecule has 0 N–H and O–H groups in total.